The molecule has 0 saturated heterocycles. The van der Waals surface area contributed by atoms with Crippen LogP contribution in [0.2, 0.25) is 0 Å². The number of carbonyl (C=O) groups is 2. The van der Waals surface area contributed by atoms with Crippen molar-refractivity contribution in [2.24, 2.45) is 5.92 Å². The lowest BCUT2D eigenvalue weighted by Crippen LogP contribution is -2.40. The molecule has 0 aliphatic carbocycles. The van der Waals surface area contributed by atoms with Crippen molar-refractivity contribution in [1.29, 1.82) is 0 Å². The number of benzene rings is 2. The van der Waals surface area contributed by atoms with Gasteiger partial charge in [0.2, 0.25) is 5.91 Å². The Bertz CT molecular complexity index is 777. The maximum Gasteiger partial charge on any atom is 0.259 e. The Balaban J connectivity index is 1.73. The Hall–Kier alpha value is -2.88. The second-order valence-electron chi connectivity index (χ2n) is 6.58. The van der Waals surface area contributed by atoms with Gasteiger partial charge in [-0.05, 0) is 17.5 Å². The maximum atomic E-state index is 12.6. The summed E-state index contributed by atoms with van der Waals surface area (Å²) in [6.07, 6.45) is 0. The van der Waals surface area contributed by atoms with E-state index in [-0.39, 0.29) is 30.3 Å². The zero-order chi connectivity index (χ0) is 18.0. The largest absolute Gasteiger partial charge is 0.347 e. The average Bonchev–Trinajstić information content (AvgIpc) is 2.85. The minimum Gasteiger partial charge on any atom is -0.347 e. The number of hydrogen-bond donors (Lipinski definition) is 1. The molecule has 0 bridgehead atoms. The summed E-state index contributed by atoms with van der Waals surface area (Å²) in [5.41, 5.74) is 3.03. The fourth-order valence-corrected chi connectivity index (χ4v) is 3.16. The van der Waals surface area contributed by atoms with Crippen molar-refractivity contribution >= 4 is 17.5 Å². The molecule has 2 aromatic rings. The van der Waals surface area contributed by atoms with Crippen molar-refractivity contribution < 1.29 is 9.59 Å². The van der Waals surface area contributed by atoms with Gasteiger partial charge in [0.05, 0.1) is 6.04 Å². The van der Waals surface area contributed by atoms with Gasteiger partial charge in [-0.25, -0.2) is 0 Å². The van der Waals surface area contributed by atoms with E-state index in [1.165, 1.54) is 4.90 Å². The third-order valence-corrected chi connectivity index (χ3v) is 4.48. The Morgan fingerprint density at radius 3 is 2.24 bits per heavy atom. The molecule has 0 radical (unpaired) electrons. The Morgan fingerprint density at radius 1 is 1.04 bits per heavy atom. The summed E-state index contributed by atoms with van der Waals surface area (Å²) in [5, 5.41) is 3.05. The predicted molar refractivity (Wildman–Crippen MR) is 98.7 cm³/mol. The quantitative estimate of drug-likeness (QED) is 0.908. The molecule has 0 saturated carbocycles. The summed E-state index contributed by atoms with van der Waals surface area (Å²) in [4.78, 5) is 26.5. The monoisotopic (exact) mass is 334 g/mol. The summed E-state index contributed by atoms with van der Waals surface area (Å²) in [5.74, 6) is -0.123. The molecule has 128 valence electrons. The lowest BCUT2D eigenvalue weighted by atomic mass is 9.96. The number of nitrogens with zero attached hydrogens (tertiary/aromatic N) is 1. The van der Waals surface area contributed by atoms with Gasteiger partial charge in [0, 0.05) is 16.8 Å². The second kappa shape index (κ2) is 6.93. The van der Waals surface area contributed by atoms with Crippen LogP contribution in [0.4, 0.5) is 0 Å². The van der Waals surface area contributed by atoms with Crippen LogP contribution in [0, 0.1) is 5.92 Å². The van der Waals surface area contributed by atoms with E-state index in [1.54, 1.807) is 6.07 Å². The van der Waals surface area contributed by atoms with Gasteiger partial charge in [-0.2, -0.15) is 0 Å². The molecule has 3 rings (SSSR count). The van der Waals surface area contributed by atoms with Gasteiger partial charge >= 0.3 is 0 Å². The van der Waals surface area contributed by atoms with Gasteiger partial charge < -0.3 is 5.32 Å². The third kappa shape index (κ3) is 3.33. The molecule has 2 amide bonds. The summed E-state index contributed by atoms with van der Waals surface area (Å²) < 4.78 is 0. The van der Waals surface area contributed by atoms with Crippen LogP contribution in [-0.4, -0.2) is 23.3 Å². The number of carbonyl (C=O) groups excluding carboxylic acids is 2. The van der Waals surface area contributed by atoms with Crippen molar-refractivity contribution in [2.45, 2.75) is 19.9 Å². The number of amides is 2. The van der Waals surface area contributed by atoms with Crippen LogP contribution < -0.4 is 5.32 Å². The molecule has 1 aliphatic heterocycles. The molecule has 4 heteroatoms. The van der Waals surface area contributed by atoms with Gasteiger partial charge in [-0.3, -0.25) is 14.5 Å². The Morgan fingerprint density at radius 2 is 1.64 bits per heavy atom. The summed E-state index contributed by atoms with van der Waals surface area (Å²) >= 11 is 0. The van der Waals surface area contributed by atoms with Crippen molar-refractivity contribution in [2.75, 3.05) is 6.54 Å². The number of nitrogens with one attached hydrogen (secondary N) is 1. The molecule has 1 aliphatic rings. The predicted octanol–water partition coefficient (Wildman–Crippen LogP) is 3.63. The first-order valence-corrected chi connectivity index (χ1v) is 8.43. The van der Waals surface area contributed by atoms with Crippen LogP contribution >= 0.6 is 0 Å². The molecule has 1 heterocycles. The molecule has 1 N–H and O–H groups in total. The molecule has 0 fully saturated rings. The molecule has 0 aromatic heterocycles. The molecule has 1 unspecified atom stereocenters. The first-order chi connectivity index (χ1) is 12.0. The van der Waals surface area contributed by atoms with Crippen molar-refractivity contribution in [3.05, 3.63) is 77.9 Å². The Labute approximate surface area is 148 Å². The van der Waals surface area contributed by atoms with E-state index < -0.39 is 0 Å². The zero-order valence-electron chi connectivity index (χ0n) is 14.5. The van der Waals surface area contributed by atoms with Crippen LogP contribution in [0.25, 0.3) is 5.70 Å². The van der Waals surface area contributed by atoms with Crippen molar-refractivity contribution in [1.82, 2.24) is 10.2 Å². The molecule has 0 spiro atoms. The van der Waals surface area contributed by atoms with Crippen LogP contribution in [0.1, 0.15) is 41.4 Å². The van der Waals surface area contributed by atoms with E-state index in [0.717, 1.165) is 11.1 Å². The van der Waals surface area contributed by atoms with E-state index in [1.807, 2.05) is 48.5 Å². The van der Waals surface area contributed by atoms with Gasteiger partial charge in [-0.15, -0.1) is 0 Å². The number of fused-ring (bicyclic) bond motifs is 1. The van der Waals surface area contributed by atoms with Crippen LogP contribution in [0.3, 0.4) is 0 Å². The first kappa shape index (κ1) is 17.0. The van der Waals surface area contributed by atoms with Crippen LogP contribution in [-0.2, 0) is 4.79 Å². The van der Waals surface area contributed by atoms with E-state index >= 15 is 0 Å². The lowest BCUT2D eigenvalue weighted by molar-refractivity contribution is -0.122. The van der Waals surface area contributed by atoms with Crippen molar-refractivity contribution in [3.63, 3.8) is 0 Å². The Kier molecular flexibility index (Phi) is 4.70. The highest BCUT2D eigenvalue weighted by Gasteiger charge is 2.32. The van der Waals surface area contributed by atoms with E-state index in [9.17, 15) is 9.59 Å². The summed E-state index contributed by atoms with van der Waals surface area (Å²) in [6.45, 7) is 8.08. The van der Waals surface area contributed by atoms with Crippen LogP contribution in [0.5, 0.6) is 0 Å². The molecule has 4 nitrogen and oxygen atoms in total. The highest BCUT2D eigenvalue weighted by molar-refractivity contribution is 6.10. The summed E-state index contributed by atoms with van der Waals surface area (Å²) in [6, 6.07) is 17.1. The smallest absolute Gasteiger partial charge is 0.259 e. The van der Waals surface area contributed by atoms with Gasteiger partial charge in [0.15, 0.2) is 0 Å². The molecule has 25 heavy (non-hydrogen) atoms. The SMILES string of the molecule is C=C1c2ccccc2C(=O)N1CC(=O)NC(c1ccccc1)C(C)C. The summed E-state index contributed by atoms with van der Waals surface area (Å²) in [7, 11) is 0. The first-order valence-electron chi connectivity index (χ1n) is 8.43. The van der Waals surface area contributed by atoms with Gasteiger partial charge in [0.25, 0.3) is 5.91 Å². The lowest BCUT2D eigenvalue weighted by Gasteiger charge is -2.25. The maximum absolute atomic E-state index is 12.6. The van der Waals surface area contributed by atoms with E-state index in [4.69, 9.17) is 0 Å². The number of hydrogen-bond acceptors (Lipinski definition) is 2. The normalized spacial score (nSPS) is 14.6. The fourth-order valence-electron chi connectivity index (χ4n) is 3.16. The van der Waals surface area contributed by atoms with Gasteiger partial charge in [0.1, 0.15) is 6.54 Å². The molecular formula is C21H22N2O2. The third-order valence-electron chi connectivity index (χ3n) is 4.48. The van der Waals surface area contributed by atoms with Gasteiger partial charge in [-0.1, -0.05) is 69.0 Å². The van der Waals surface area contributed by atoms with Crippen molar-refractivity contribution in [3.8, 4) is 0 Å². The van der Waals surface area contributed by atoms with E-state index in [2.05, 4.69) is 25.7 Å². The number of rotatable bonds is 5. The molecule has 1 atom stereocenters. The minimum absolute atomic E-state index is 0.0254. The minimum atomic E-state index is -0.190. The fraction of sp³-hybridized carbons (Fsp3) is 0.238. The van der Waals surface area contributed by atoms with E-state index in [0.29, 0.717) is 11.3 Å². The average molecular weight is 334 g/mol. The molecular weight excluding hydrogens is 312 g/mol. The highest BCUT2D eigenvalue weighted by atomic mass is 16.2. The highest BCUT2D eigenvalue weighted by Crippen LogP contribution is 2.31. The topological polar surface area (TPSA) is 49.4 Å². The van der Waals surface area contributed by atoms with Crippen LogP contribution in [0.15, 0.2) is 61.2 Å². The zero-order valence-corrected chi connectivity index (χ0v) is 14.5. The second-order valence-corrected chi connectivity index (χ2v) is 6.58. The molecule has 2 aromatic carbocycles. The standard InChI is InChI=1S/C21H22N2O2/c1-14(2)20(16-9-5-4-6-10-16)22-19(24)13-23-15(3)17-11-7-8-12-18(17)21(23)25/h4-12,14,20H,3,13H2,1-2H3,(H,22,24).